The van der Waals surface area contributed by atoms with E-state index in [9.17, 15) is 4.79 Å². The van der Waals surface area contributed by atoms with Gasteiger partial charge in [-0.25, -0.2) is 4.79 Å². The first kappa shape index (κ1) is 17.4. The van der Waals surface area contributed by atoms with Crippen LogP contribution in [-0.4, -0.2) is 22.5 Å². The van der Waals surface area contributed by atoms with Gasteiger partial charge in [-0.05, 0) is 36.3 Å². The first-order valence-corrected chi connectivity index (χ1v) is 10.3. The zero-order chi connectivity index (χ0) is 19.1. The molecule has 3 aromatic rings. The van der Waals surface area contributed by atoms with Gasteiger partial charge in [-0.1, -0.05) is 61.9 Å². The van der Waals surface area contributed by atoms with E-state index in [1.54, 1.807) is 0 Å². The average Bonchev–Trinajstić information content (AvgIpc) is 3.11. The van der Waals surface area contributed by atoms with Gasteiger partial charge < -0.3 is 14.6 Å². The van der Waals surface area contributed by atoms with Crippen molar-refractivity contribution in [3.63, 3.8) is 0 Å². The Bertz CT molecular complexity index is 994. The zero-order valence-corrected chi connectivity index (χ0v) is 16.2. The summed E-state index contributed by atoms with van der Waals surface area (Å²) in [5, 5.41) is 1.25. The van der Waals surface area contributed by atoms with Gasteiger partial charge in [0.05, 0.1) is 6.04 Å². The molecule has 3 atom stereocenters. The fourth-order valence-electron chi connectivity index (χ4n) is 5.15. The average molecular weight is 374 g/mol. The summed E-state index contributed by atoms with van der Waals surface area (Å²) >= 11 is 0. The predicted molar refractivity (Wildman–Crippen MR) is 110 cm³/mol. The minimum Gasteiger partial charge on any atom is -0.445 e. The van der Waals surface area contributed by atoms with Gasteiger partial charge in [0, 0.05) is 28.7 Å². The Hall–Kier alpha value is -2.75. The van der Waals surface area contributed by atoms with E-state index in [1.165, 1.54) is 22.2 Å². The number of piperidine rings is 1. The fourth-order valence-corrected chi connectivity index (χ4v) is 5.15. The summed E-state index contributed by atoms with van der Waals surface area (Å²) in [6.45, 7) is 3.35. The second-order valence-electron chi connectivity index (χ2n) is 8.14. The molecule has 1 aromatic heterocycles. The van der Waals surface area contributed by atoms with Crippen molar-refractivity contribution in [3.05, 3.63) is 71.4 Å². The minimum atomic E-state index is -0.191. The molecule has 0 saturated carbocycles. The van der Waals surface area contributed by atoms with Crippen LogP contribution in [0.3, 0.4) is 0 Å². The van der Waals surface area contributed by atoms with Gasteiger partial charge in [-0.15, -0.1) is 0 Å². The Labute approximate surface area is 165 Å². The highest BCUT2D eigenvalue weighted by Crippen LogP contribution is 2.48. The van der Waals surface area contributed by atoms with Crippen molar-refractivity contribution in [2.24, 2.45) is 11.8 Å². The standard InChI is InChI=1S/C24H26N2O2/c1-2-17-14-26(24(27)28-15-16-8-4-3-5-9-16)22-13-18(17)12-21-23(22)19-10-6-7-11-20(19)25-21/h3-11,17-18,22,25H,2,12-15H2,1H3/t17-,18-,22-/m1/s1. The van der Waals surface area contributed by atoms with E-state index in [-0.39, 0.29) is 12.1 Å². The van der Waals surface area contributed by atoms with Crippen LogP contribution in [-0.2, 0) is 17.8 Å². The molecule has 1 amide bonds. The lowest BCUT2D eigenvalue weighted by molar-refractivity contribution is 0.0271. The minimum absolute atomic E-state index is 0.107. The SMILES string of the molecule is CC[C@@H]1CN(C(=O)OCc2ccccc2)[C@@H]2C[C@H]1Cc1[nH]c3ccccc3c12. The topological polar surface area (TPSA) is 45.3 Å². The van der Waals surface area contributed by atoms with Gasteiger partial charge in [0.25, 0.3) is 0 Å². The van der Waals surface area contributed by atoms with Crippen LogP contribution < -0.4 is 0 Å². The number of carbonyl (C=O) groups is 1. The molecule has 1 saturated heterocycles. The summed E-state index contributed by atoms with van der Waals surface area (Å²) in [5.74, 6) is 1.16. The molecule has 4 nitrogen and oxygen atoms in total. The first-order chi connectivity index (χ1) is 13.7. The van der Waals surface area contributed by atoms with E-state index < -0.39 is 0 Å². The molecule has 4 heteroatoms. The van der Waals surface area contributed by atoms with Crippen molar-refractivity contribution in [2.45, 2.75) is 38.8 Å². The van der Waals surface area contributed by atoms with Gasteiger partial charge in [-0.2, -0.15) is 0 Å². The van der Waals surface area contributed by atoms with Gasteiger partial charge in [-0.3, -0.25) is 0 Å². The molecule has 2 bridgehead atoms. The van der Waals surface area contributed by atoms with E-state index in [2.05, 4.69) is 36.2 Å². The van der Waals surface area contributed by atoms with Crippen LogP contribution in [0.25, 0.3) is 10.9 Å². The Morgan fingerprint density at radius 3 is 2.75 bits per heavy atom. The highest BCUT2D eigenvalue weighted by atomic mass is 16.6. The molecule has 2 aliphatic rings. The molecule has 0 radical (unpaired) electrons. The first-order valence-electron chi connectivity index (χ1n) is 10.3. The second kappa shape index (κ2) is 7.01. The van der Waals surface area contributed by atoms with Gasteiger partial charge in [0.2, 0.25) is 0 Å². The zero-order valence-electron chi connectivity index (χ0n) is 16.2. The van der Waals surface area contributed by atoms with Gasteiger partial charge >= 0.3 is 6.09 Å². The molecule has 1 aliphatic heterocycles. The number of amides is 1. The third kappa shape index (κ3) is 2.88. The van der Waals surface area contributed by atoms with Crippen LogP contribution in [0.5, 0.6) is 0 Å². The maximum atomic E-state index is 13.1. The number of carbonyl (C=O) groups excluding carboxylic acids is 1. The number of nitrogens with zero attached hydrogens (tertiary/aromatic N) is 1. The number of aromatic amines is 1. The number of likely N-dealkylation sites (tertiary alicyclic amines) is 1. The van der Waals surface area contributed by atoms with Crippen LogP contribution in [0, 0.1) is 11.8 Å². The van der Waals surface area contributed by atoms with Crippen molar-refractivity contribution in [2.75, 3.05) is 6.54 Å². The molecular formula is C24H26N2O2. The van der Waals surface area contributed by atoms with Gasteiger partial charge in [0.1, 0.15) is 6.61 Å². The summed E-state index contributed by atoms with van der Waals surface area (Å²) in [7, 11) is 0. The van der Waals surface area contributed by atoms with Crippen LogP contribution in [0.4, 0.5) is 4.79 Å². The van der Waals surface area contributed by atoms with Crippen molar-refractivity contribution >= 4 is 17.0 Å². The van der Waals surface area contributed by atoms with Crippen LogP contribution in [0.15, 0.2) is 54.6 Å². The molecule has 28 heavy (non-hydrogen) atoms. The number of H-pyrrole nitrogens is 1. The molecule has 2 aromatic carbocycles. The van der Waals surface area contributed by atoms with E-state index in [0.29, 0.717) is 18.4 Å². The fraction of sp³-hybridized carbons (Fsp3) is 0.375. The maximum absolute atomic E-state index is 13.1. The third-order valence-corrected chi connectivity index (χ3v) is 6.59. The number of rotatable bonds is 3. The van der Waals surface area contributed by atoms with E-state index in [4.69, 9.17) is 4.74 Å². The van der Waals surface area contributed by atoms with E-state index in [1.807, 2.05) is 35.2 Å². The van der Waals surface area contributed by atoms with E-state index in [0.717, 1.165) is 31.4 Å². The quantitative estimate of drug-likeness (QED) is 0.662. The number of nitrogens with one attached hydrogen (secondary N) is 1. The smallest absolute Gasteiger partial charge is 0.410 e. The second-order valence-corrected chi connectivity index (χ2v) is 8.14. The molecule has 2 heterocycles. The molecular weight excluding hydrogens is 348 g/mol. The van der Waals surface area contributed by atoms with Gasteiger partial charge in [0.15, 0.2) is 0 Å². The summed E-state index contributed by atoms with van der Waals surface area (Å²) in [4.78, 5) is 18.7. The van der Waals surface area contributed by atoms with Crippen molar-refractivity contribution < 1.29 is 9.53 Å². The van der Waals surface area contributed by atoms with Crippen molar-refractivity contribution in [1.82, 2.24) is 9.88 Å². The van der Waals surface area contributed by atoms with Crippen molar-refractivity contribution in [3.8, 4) is 0 Å². The number of aromatic nitrogens is 1. The lowest BCUT2D eigenvalue weighted by atomic mass is 9.71. The number of hydrogen-bond donors (Lipinski definition) is 1. The summed E-state index contributed by atoms with van der Waals surface area (Å²) < 4.78 is 5.73. The third-order valence-electron chi connectivity index (χ3n) is 6.59. The molecule has 5 rings (SSSR count). The number of benzene rings is 2. The maximum Gasteiger partial charge on any atom is 0.410 e. The van der Waals surface area contributed by atoms with Crippen LogP contribution in [0.1, 0.15) is 42.6 Å². The highest BCUT2D eigenvalue weighted by Gasteiger charge is 2.44. The van der Waals surface area contributed by atoms with Crippen LogP contribution in [0.2, 0.25) is 0 Å². The lowest BCUT2D eigenvalue weighted by Gasteiger charge is -2.46. The predicted octanol–water partition coefficient (Wildman–Crippen LogP) is 5.45. The van der Waals surface area contributed by atoms with Crippen LogP contribution >= 0.6 is 0 Å². The number of para-hydroxylation sites is 1. The number of hydrogen-bond acceptors (Lipinski definition) is 2. The molecule has 0 unspecified atom stereocenters. The Balaban J connectivity index is 1.46. The van der Waals surface area contributed by atoms with E-state index >= 15 is 0 Å². The highest BCUT2D eigenvalue weighted by molar-refractivity contribution is 5.86. The molecule has 1 fully saturated rings. The molecule has 144 valence electrons. The number of ether oxygens (including phenoxy) is 1. The lowest BCUT2D eigenvalue weighted by Crippen LogP contribution is -2.48. The number of fused-ring (bicyclic) bond motifs is 6. The Morgan fingerprint density at radius 1 is 1.14 bits per heavy atom. The largest absolute Gasteiger partial charge is 0.445 e. The normalized spacial score (nSPS) is 23.5. The Kier molecular flexibility index (Phi) is 4.34. The van der Waals surface area contributed by atoms with Crippen molar-refractivity contribution in [1.29, 1.82) is 0 Å². The summed E-state index contributed by atoms with van der Waals surface area (Å²) in [6, 6.07) is 18.5. The summed E-state index contributed by atoms with van der Waals surface area (Å²) in [6.07, 6.45) is 3.03. The molecule has 1 aliphatic carbocycles. The molecule has 1 N–H and O–H groups in total. The molecule has 0 spiro atoms. The monoisotopic (exact) mass is 374 g/mol. The summed E-state index contributed by atoms with van der Waals surface area (Å²) in [5.41, 5.74) is 4.81. The Morgan fingerprint density at radius 2 is 1.93 bits per heavy atom.